The third kappa shape index (κ3) is 6.59. The molecule has 2 aliphatic rings. The van der Waals surface area contributed by atoms with Gasteiger partial charge in [-0.25, -0.2) is 9.97 Å². The van der Waals surface area contributed by atoms with Gasteiger partial charge in [-0.05, 0) is 57.1 Å². The molecule has 12 heteroatoms. The van der Waals surface area contributed by atoms with Crippen LogP contribution in [0, 0.1) is 5.92 Å². The minimum atomic E-state index is -4.35. The molecule has 1 aliphatic heterocycles. The number of nitrogens with zero attached hydrogens (tertiary/aromatic N) is 5. The van der Waals surface area contributed by atoms with E-state index in [2.05, 4.69) is 25.3 Å². The first-order chi connectivity index (χ1) is 17.7. The number of alkyl halides is 3. The fraction of sp³-hybridized carbons (Fsp3) is 0.600. The molecule has 1 aliphatic carbocycles. The van der Waals surface area contributed by atoms with Gasteiger partial charge < -0.3 is 15.0 Å². The van der Waals surface area contributed by atoms with E-state index in [0.717, 1.165) is 80.5 Å². The fourth-order valence-corrected chi connectivity index (χ4v) is 6.21. The van der Waals surface area contributed by atoms with Gasteiger partial charge in [-0.1, -0.05) is 11.3 Å². The molecular formula is C25H31F3N6O2S. The molecule has 0 radical (unpaired) electrons. The Labute approximate surface area is 217 Å². The molecule has 8 nitrogen and oxygen atoms in total. The first-order valence-corrected chi connectivity index (χ1v) is 13.5. The van der Waals surface area contributed by atoms with Gasteiger partial charge in [-0.3, -0.25) is 9.48 Å². The van der Waals surface area contributed by atoms with E-state index in [0.29, 0.717) is 17.1 Å². The van der Waals surface area contributed by atoms with Crippen LogP contribution >= 0.6 is 11.3 Å². The van der Waals surface area contributed by atoms with Crippen molar-refractivity contribution in [3.8, 4) is 5.19 Å². The average molecular weight is 537 g/mol. The topological polar surface area (TPSA) is 85.2 Å². The second kappa shape index (κ2) is 10.9. The van der Waals surface area contributed by atoms with Crippen LogP contribution in [0.5, 0.6) is 5.19 Å². The maximum atomic E-state index is 12.9. The zero-order valence-electron chi connectivity index (χ0n) is 20.8. The standard InChI is InChI=1S/C25H31F3N6O2S/c1-33-14-19-18(6-10-29-22(19)32-33)23(35)30-17-4-2-16(3-5-17)7-11-34-12-8-20-21(9-13-34)37-24(31-20)36-15-25(26,27)28/h6,10,14,16-17H,2-5,7-9,11-13,15H2,1H3,(H,30,35)/t16-,17-. The van der Waals surface area contributed by atoms with Crippen molar-refractivity contribution in [1.82, 2.24) is 30.0 Å². The number of halogens is 3. The number of aromatic nitrogens is 4. The molecule has 1 amide bonds. The molecule has 5 rings (SSSR count). The summed E-state index contributed by atoms with van der Waals surface area (Å²) in [6.45, 7) is 1.45. The highest BCUT2D eigenvalue weighted by atomic mass is 32.1. The summed E-state index contributed by atoms with van der Waals surface area (Å²) < 4.78 is 43.7. The Hall–Kier alpha value is -2.73. The summed E-state index contributed by atoms with van der Waals surface area (Å²) in [4.78, 5) is 24.9. The van der Waals surface area contributed by atoms with Crippen molar-refractivity contribution in [2.75, 3.05) is 26.2 Å². The second-order valence-corrected chi connectivity index (χ2v) is 11.0. The van der Waals surface area contributed by atoms with E-state index >= 15 is 0 Å². The number of rotatable bonds is 7. The van der Waals surface area contributed by atoms with Gasteiger partial charge in [-0.2, -0.15) is 18.3 Å². The molecule has 0 spiro atoms. The van der Waals surface area contributed by atoms with E-state index in [4.69, 9.17) is 4.74 Å². The number of nitrogens with one attached hydrogen (secondary N) is 1. The molecular weight excluding hydrogens is 505 g/mol. The molecule has 1 fully saturated rings. The number of ether oxygens (including phenoxy) is 1. The molecule has 0 atom stereocenters. The fourth-order valence-electron chi connectivity index (χ4n) is 5.27. The minimum Gasteiger partial charge on any atom is -0.460 e. The van der Waals surface area contributed by atoms with Crippen LogP contribution in [0.3, 0.4) is 0 Å². The maximum absolute atomic E-state index is 12.9. The second-order valence-electron chi connectivity index (χ2n) is 9.97. The molecule has 0 unspecified atom stereocenters. The smallest absolute Gasteiger partial charge is 0.422 e. The highest BCUT2D eigenvalue weighted by molar-refractivity contribution is 7.13. The molecule has 3 aromatic rings. The summed E-state index contributed by atoms with van der Waals surface area (Å²) in [5.41, 5.74) is 2.07. The number of carbonyl (C=O) groups excluding carboxylic acids is 1. The van der Waals surface area contributed by atoms with Crippen molar-refractivity contribution < 1.29 is 22.7 Å². The lowest BCUT2D eigenvalue weighted by Gasteiger charge is -2.30. The number of carbonyl (C=O) groups is 1. The van der Waals surface area contributed by atoms with Gasteiger partial charge >= 0.3 is 6.18 Å². The first kappa shape index (κ1) is 25.9. The molecule has 0 aromatic carbocycles. The summed E-state index contributed by atoms with van der Waals surface area (Å²) in [6.07, 6.45) is 5.86. The number of pyridine rings is 1. The van der Waals surface area contributed by atoms with Crippen LogP contribution < -0.4 is 10.1 Å². The van der Waals surface area contributed by atoms with E-state index in [9.17, 15) is 18.0 Å². The normalized spacial score (nSPS) is 21.0. The average Bonchev–Trinajstić information content (AvgIpc) is 3.39. The van der Waals surface area contributed by atoms with Crippen LogP contribution in [0.1, 0.15) is 53.0 Å². The molecule has 1 saturated carbocycles. The first-order valence-electron chi connectivity index (χ1n) is 12.7. The Bertz CT molecular complexity index is 1210. The summed E-state index contributed by atoms with van der Waals surface area (Å²) in [7, 11) is 1.82. The molecule has 4 heterocycles. The van der Waals surface area contributed by atoms with E-state index in [-0.39, 0.29) is 17.1 Å². The van der Waals surface area contributed by atoms with Crippen molar-refractivity contribution in [3.05, 3.63) is 34.6 Å². The molecule has 3 aromatic heterocycles. The lowest BCUT2D eigenvalue weighted by molar-refractivity contribution is -0.153. The Morgan fingerprint density at radius 2 is 2.00 bits per heavy atom. The Morgan fingerprint density at radius 3 is 2.78 bits per heavy atom. The van der Waals surface area contributed by atoms with Crippen LogP contribution in [0.2, 0.25) is 0 Å². The largest absolute Gasteiger partial charge is 0.460 e. The Kier molecular flexibility index (Phi) is 7.66. The molecule has 1 N–H and O–H groups in total. The van der Waals surface area contributed by atoms with Gasteiger partial charge in [-0.15, -0.1) is 0 Å². The van der Waals surface area contributed by atoms with Crippen molar-refractivity contribution >= 4 is 28.3 Å². The maximum Gasteiger partial charge on any atom is 0.422 e. The van der Waals surface area contributed by atoms with Crippen molar-refractivity contribution in [1.29, 1.82) is 0 Å². The van der Waals surface area contributed by atoms with Crippen LogP contribution in [-0.2, 0) is 19.9 Å². The number of fused-ring (bicyclic) bond motifs is 2. The zero-order valence-corrected chi connectivity index (χ0v) is 21.6. The number of hydrogen-bond acceptors (Lipinski definition) is 7. The van der Waals surface area contributed by atoms with Gasteiger partial charge in [0.05, 0.1) is 16.6 Å². The van der Waals surface area contributed by atoms with Gasteiger partial charge in [0.2, 0.25) is 0 Å². The van der Waals surface area contributed by atoms with E-state index in [1.54, 1.807) is 16.9 Å². The highest BCUT2D eigenvalue weighted by Crippen LogP contribution is 2.31. The Balaban J connectivity index is 1.04. The van der Waals surface area contributed by atoms with E-state index in [1.807, 2.05) is 13.2 Å². The SMILES string of the molecule is Cn1cc2c(C(=O)N[C@H]3CC[C@H](CCN4CCc5nc(OCC(F)(F)F)sc5CC4)CC3)ccnc2n1. The molecule has 37 heavy (non-hydrogen) atoms. The number of hydrogen-bond donors (Lipinski definition) is 1. The summed E-state index contributed by atoms with van der Waals surface area (Å²) in [5, 5.41) is 8.37. The lowest BCUT2D eigenvalue weighted by atomic mass is 9.84. The van der Waals surface area contributed by atoms with Crippen molar-refractivity contribution in [3.63, 3.8) is 0 Å². The lowest BCUT2D eigenvalue weighted by Crippen LogP contribution is -2.38. The molecule has 0 saturated heterocycles. The van der Waals surface area contributed by atoms with Gasteiger partial charge in [0.1, 0.15) is 0 Å². The van der Waals surface area contributed by atoms with Crippen molar-refractivity contribution in [2.24, 2.45) is 13.0 Å². The van der Waals surface area contributed by atoms with Gasteiger partial charge in [0.25, 0.3) is 11.1 Å². The summed E-state index contributed by atoms with van der Waals surface area (Å²) in [6, 6.07) is 1.93. The van der Waals surface area contributed by atoms with E-state index in [1.165, 1.54) is 11.3 Å². The Morgan fingerprint density at radius 1 is 1.22 bits per heavy atom. The predicted octanol–water partition coefficient (Wildman–Crippen LogP) is 4.15. The number of amides is 1. The van der Waals surface area contributed by atoms with Crippen LogP contribution in [0.25, 0.3) is 11.0 Å². The summed E-state index contributed by atoms with van der Waals surface area (Å²) >= 11 is 1.24. The van der Waals surface area contributed by atoms with Crippen LogP contribution in [0.4, 0.5) is 13.2 Å². The van der Waals surface area contributed by atoms with E-state index < -0.39 is 12.8 Å². The third-order valence-electron chi connectivity index (χ3n) is 7.26. The molecule has 200 valence electrons. The van der Waals surface area contributed by atoms with Gasteiger partial charge in [0.15, 0.2) is 12.3 Å². The van der Waals surface area contributed by atoms with Crippen molar-refractivity contribution in [2.45, 2.75) is 57.2 Å². The highest BCUT2D eigenvalue weighted by Gasteiger charge is 2.30. The summed E-state index contributed by atoms with van der Waals surface area (Å²) in [5.74, 6) is 0.568. The monoisotopic (exact) mass is 536 g/mol. The van der Waals surface area contributed by atoms with Crippen LogP contribution in [0.15, 0.2) is 18.5 Å². The predicted molar refractivity (Wildman–Crippen MR) is 134 cm³/mol. The molecule has 0 bridgehead atoms. The zero-order chi connectivity index (χ0) is 26.0. The minimum absolute atomic E-state index is 0.0681. The number of thiazole rings is 1. The van der Waals surface area contributed by atoms with Gasteiger partial charge in [0, 0.05) is 49.9 Å². The van der Waals surface area contributed by atoms with Crippen LogP contribution in [-0.4, -0.2) is 69.0 Å². The number of aryl methyl sites for hydroxylation is 1. The quantitative estimate of drug-likeness (QED) is 0.489. The third-order valence-corrected chi connectivity index (χ3v) is 8.33.